The van der Waals surface area contributed by atoms with Crippen LogP contribution in [-0.2, 0) is 4.79 Å². The van der Waals surface area contributed by atoms with Crippen LogP contribution in [0.15, 0.2) is 41.4 Å². The number of piperidine rings is 1. The summed E-state index contributed by atoms with van der Waals surface area (Å²) in [5, 5.41) is 11.0. The maximum atomic E-state index is 13.6. The number of hydrogen-bond donors (Lipinski definition) is 1. The lowest BCUT2D eigenvalue weighted by Gasteiger charge is -2.26. The van der Waals surface area contributed by atoms with Gasteiger partial charge in [-0.05, 0) is 43.5 Å². The molecule has 8 heteroatoms. The molecule has 0 bridgehead atoms. The standard InChI is InChI=1S/C18H19FN4O2S/c19-14-7-3-2-6-13(14)18(25)20-15-8-9-16(22-21-15)26-12-17(24)23-10-4-1-5-11-23/h2-3,6-9H,1,4-5,10-12H2,(H,20,21,25). The quantitative estimate of drug-likeness (QED) is 0.815. The molecular weight excluding hydrogens is 355 g/mol. The fourth-order valence-electron chi connectivity index (χ4n) is 2.66. The number of nitrogens with one attached hydrogen (secondary N) is 1. The number of halogens is 1. The molecule has 0 aliphatic carbocycles. The van der Waals surface area contributed by atoms with Gasteiger partial charge in [0.15, 0.2) is 5.82 Å². The Labute approximate surface area is 155 Å². The van der Waals surface area contributed by atoms with Gasteiger partial charge in [0.25, 0.3) is 5.91 Å². The average molecular weight is 374 g/mol. The molecular formula is C18H19FN4O2S. The van der Waals surface area contributed by atoms with E-state index >= 15 is 0 Å². The lowest BCUT2D eigenvalue weighted by molar-refractivity contribution is -0.129. The molecule has 1 aromatic carbocycles. The van der Waals surface area contributed by atoms with E-state index in [9.17, 15) is 14.0 Å². The first-order valence-electron chi connectivity index (χ1n) is 8.43. The van der Waals surface area contributed by atoms with Crippen LogP contribution in [0.1, 0.15) is 29.6 Å². The second-order valence-corrected chi connectivity index (χ2v) is 6.92. The molecule has 1 aliphatic rings. The molecule has 6 nitrogen and oxygen atoms in total. The van der Waals surface area contributed by atoms with Crippen molar-refractivity contribution in [3.05, 3.63) is 47.8 Å². The van der Waals surface area contributed by atoms with Crippen LogP contribution in [0, 0.1) is 5.82 Å². The van der Waals surface area contributed by atoms with E-state index < -0.39 is 11.7 Å². The van der Waals surface area contributed by atoms with Crippen LogP contribution in [0.5, 0.6) is 0 Å². The topological polar surface area (TPSA) is 75.2 Å². The third-order valence-corrected chi connectivity index (χ3v) is 4.96. The van der Waals surface area contributed by atoms with Crippen LogP contribution < -0.4 is 5.32 Å². The van der Waals surface area contributed by atoms with Crippen molar-refractivity contribution in [1.82, 2.24) is 15.1 Å². The van der Waals surface area contributed by atoms with Crippen LogP contribution >= 0.6 is 11.8 Å². The monoisotopic (exact) mass is 374 g/mol. The molecule has 1 aromatic heterocycles. The van der Waals surface area contributed by atoms with Gasteiger partial charge < -0.3 is 10.2 Å². The Morgan fingerprint density at radius 3 is 2.54 bits per heavy atom. The number of rotatable bonds is 5. The van der Waals surface area contributed by atoms with E-state index in [0.717, 1.165) is 25.9 Å². The summed E-state index contributed by atoms with van der Waals surface area (Å²) in [5.41, 5.74) is -0.0557. The summed E-state index contributed by atoms with van der Waals surface area (Å²) >= 11 is 1.31. The highest BCUT2D eigenvalue weighted by Crippen LogP contribution is 2.18. The summed E-state index contributed by atoms with van der Waals surface area (Å²) < 4.78 is 13.6. The Hall–Kier alpha value is -2.48. The molecule has 2 aromatic rings. The summed E-state index contributed by atoms with van der Waals surface area (Å²) in [6, 6.07) is 8.98. The lowest BCUT2D eigenvalue weighted by atomic mass is 10.1. The van der Waals surface area contributed by atoms with Gasteiger partial charge in [-0.25, -0.2) is 4.39 Å². The Morgan fingerprint density at radius 1 is 1.08 bits per heavy atom. The van der Waals surface area contributed by atoms with Crippen molar-refractivity contribution in [2.24, 2.45) is 0 Å². The maximum absolute atomic E-state index is 13.6. The molecule has 1 N–H and O–H groups in total. The third kappa shape index (κ3) is 4.78. The van der Waals surface area contributed by atoms with Gasteiger partial charge in [-0.3, -0.25) is 9.59 Å². The van der Waals surface area contributed by atoms with Crippen LogP contribution in [0.4, 0.5) is 10.2 Å². The van der Waals surface area contributed by atoms with Gasteiger partial charge >= 0.3 is 0 Å². The van der Waals surface area contributed by atoms with Crippen molar-refractivity contribution < 1.29 is 14.0 Å². The molecule has 0 radical (unpaired) electrons. The molecule has 0 saturated carbocycles. The Bertz CT molecular complexity index is 779. The van der Waals surface area contributed by atoms with Crippen molar-refractivity contribution in [1.29, 1.82) is 0 Å². The third-order valence-electron chi connectivity index (χ3n) is 4.05. The van der Waals surface area contributed by atoms with E-state index in [4.69, 9.17) is 0 Å². The first-order chi connectivity index (χ1) is 12.6. The van der Waals surface area contributed by atoms with Crippen LogP contribution in [0.2, 0.25) is 0 Å². The predicted molar refractivity (Wildman–Crippen MR) is 97.5 cm³/mol. The molecule has 2 heterocycles. The number of nitrogens with zero attached hydrogens (tertiary/aromatic N) is 3. The predicted octanol–water partition coefficient (Wildman–Crippen LogP) is 2.97. The molecule has 1 aliphatic heterocycles. The number of anilines is 1. The van der Waals surface area contributed by atoms with Gasteiger partial charge in [0.1, 0.15) is 10.8 Å². The summed E-state index contributed by atoms with van der Waals surface area (Å²) in [6.07, 6.45) is 3.31. The Balaban J connectivity index is 1.52. The summed E-state index contributed by atoms with van der Waals surface area (Å²) in [7, 11) is 0. The van der Waals surface area contributed by atoms with Gasteiger partial charge in [0.05, 0.1) is 11.3 Å². The number of benzene rings is 1. The normalized spacial score (nSPS) is 14.1. The highest BCUT2D eigenvalue weighted by Gasteiger charge is 2.17. The number of hydrogen-bond acceptors (Lipinski definition) is 5. The lowest BCUT2D eigenvalue weighted by Crippen LogP contribution is -2.36. The Morgan fingerprint density at radius 2 is 1.85 bits per heavy atom. The molecule has 1 saturated heterocycles. The number of carbonyl (C=O) groups excluding carboxylic acids is 2. The van der Waals surface area contributed by atoms with Crippen LogP contribution in [-0.4, -0.2) is 45.8 Å². The summed E-state index contributed by atoms with van der Waals surface area (Å²) in [5.74, 6) is -0.534. The van der Waals surface area contributed by atoms with E-state index in [0.29, 0.717) is 10.8 Å². The number of likely N-dealkylation sites (tertiary alicyclic amines) is 1. The zero-order valence-electron chi connectivity index (χ0n) is 14.2. The van der Waals surface area contributed by atoms with Gasteiger partial charge in [-0.1, -0.05) is 23.9 Å². The fourth-order valence-corrected chi connectivity index (χ4v) is 3.38. The number of thioether (sulfide) groups is 1. The number of aromatic nitrogens is 2. The minimum atomic E-state index is -0.596. The van der Waals surface area contributed by atoms with Gasteiger partial charge in [0.2, 0.25) is 5.91 Å². The zero-order chi connectivity index (χ0) is 18.4. The van der Waals surface area contributed by atoms with Crippen molar-refractivity contribution in [2.75, 3.05) is 24.2 Å². The Kier molecular flexibility index (Phi) is 6.17. The van der Waals surface area contributed by atoms with E-state index in [1.807, 2.05) is 4.90 Å². The van der Waals surface area contributed by atoms with Crippen molar-refractivity contribution >= 4 is 29.4 Å². The van der Waals surface area contributed by atoms with E-state index in [1.165, 1.54) is 36.4 Å². The van der Waals surface area contributed by atoms with E-state index in [1.54, 1.807) is 18.2 Å². The SMILES string of the molecule is O=C(Nc1ccc(SCC(=O)N2CCCCC2)nn1)c1ccccc1F. The molecule has 2 amide bonds. The highest BCUT2D eigenvalue weighted by atomic mass is 32.2. The second kappa shape index (κ2) is 8.75. The van der Waals surface area contributed by atoms with E-state index in [2.05, 4.69) is 15.5 Å². The number of amides is 2. The highest BCUT2D eigenvalue weighted by molar-refractivity contribution is 7.99. The minimum Gasteiger partial charge on any atom is -0.342 e. The summed E-state index contributed by atoms with van der Waals surface area (Å²) in [6.45, 7) is 1.65. The van der Waals surface area contributed by atoms with Gasteiger partial charge in [-0.2, -0.15) is 0 Å². The molecule has 3 rings (SSSR count). The molecule has 0 spiro atoms. The minimum absolute atomic E-state index is 0.0557. The van der Waals surface area contributed by atoms with Crippen molar-refractivity contribution in [3.63, 3.8) is 0 Å². The number of carbonyl (C=O) groups is 2. The first-order valence-corrected chi connectivity index (χ1v) is 9.42. The molecule has 0 atom stereocenters. The van der Waals surface area contributed by atoms with Gasteiger partial charge in [-0.15, -0.1) is 10.2 Å². The average Bonchev–Trinajstić information content (AvgIpc) is 2.68. The van der Waals surface area contributed by atoms with Crippen molar-refractivity contribution in [2.45, 2.75) is 24.3 Å². The van der Waals surface area contributed by atoms with E-state index in [-0.39, 0.29) is 17.3 Å². The van der Waals surface area contributed by atoms with Crippen molar-refractivity contribution in [3.8, 4) is 0 Å². The molecule has 0 unspecified atom stereocenters. The van der Waals surface area contributed by atoms with Gasteiger partial charge in [0, 0.05) is 13.1 Å². The largest absolute Gasteiger partial charge is 0.342 e. The fraction of sp³-hybridized carbons (Fsp3) is 0.333. The van der Waals surface area contributed by atoms with Crippen LogP contribution in [0.25, 0.3) is 0 Å². The zero-order valence-corrected chi connectivity index (χ0v) is 15.0. The molecule has 26 heavy (non-hydrogen) atoms. The summed E-state index contributed by atoms with van der Waals surface area (Å²) in [4.78, 5) is 26.1. The molecule has 1 fully saturated rings. The first kappa shape index (κ1) is 18.3. The smallest absolute Gasteiger partial charge is 0.259 e. The maximum Gasteiger partial charge on any atom is 0.259 e. The second-order valence-electron chi connectivity index (χ2n) is 5.92. The molecule has 136 valence electrons. The van der Waals surface area contributed by atoms with Crippen LogP contribution in [0.3, 0.4) is 0 Å².